The van der Waals surface area contributed by atoms with Crippen LogP contribution >= 0.6 is 0 Å². The molecule has 1 N–H and O–H groups in total. The summed E-state index contributed by atoms with van der Waals surface area (Å²) in [4.78, 5) is 38.1. The zero-order valence-corrected chi connectivity index (χ0v) is 20.2. The van der Waals surface area contributed by atoms with E-state index >= 15 is 0 Å². The molecule has 3 heterocycles. The van der Waals surface area contributed by atoms with Crippen molar-refractivity contribution in [3.05, 3.63) is 47.2 Å². The maximum absolute atomic E-state index is 14.0. The Hall–Kier alpha value is -2.77. The molecular weight excluding hydrogens is 414 g/mol. The third kappa shape index (κ3) is 4.80. The van der Waals surface area contributed by atoms with Crippen LogP contribution in [-0.2, 0) is 4.79 Å². The number of carbonyl (C=O) groups is 2. The number of piperidine rings is 1. The monoisotopic (exact) mass is 449 g/mol. The lowest BCUT2D eigenvalue weighted by molar-refractivity contribution is -0.120. The second-order valence-electron chi connectivity index (χ2n) is 9.08. The molecular formula is C26H35N5O2. The summed E-state index contributed by atoms with van der Waals surface area (Å²) in [5, 5.41) is 2.96. The molecule has 33 heavy (non-hydrogen) atoms. The summed E-state index contributed by atoms with van der Waals surface area (Å²) < 4.78 is 0. The number of carbonyl (C=O) groups excluding carboxylic acids is 2. The number of rotatable bonds is 6. The van der Waals surface area contributed by atoms with Gasteiger partial charge in [-0.3, -0.25) is 19.4 Å². The molecule has 1 atom stereocenters. The van der Waals surface area contributed by atoms with Crippen molar-refractivity contribution in [1.82, 2.24) is 14.8 Å². The molecule has 7 nitrogen and oxygen atoms in total. The highest BCUT2D eigenvalue weighted by Gasteiger charge is 2.34. The number of hydrogen-bond donors (Lipinski definition) is 1. The van der Waals surface area contributed by atoms with E-state index in [1.807, 2.05) is 38.1 Å². The number of benzene rings is 1. The molecule has 1 aromatic heterocycles. The first-order chi connectivity index (χ1) is 15.9. The van der Waals surface area contributed by atoms with Gasteiger partial charge in [-0.2, -0.15) is 0 Å². The van der Waals surface area contributed by atoms with Gasteiger partial charge in [0.15, 0.2) is 5.82 Å². The minimum Gasteiger partial charge on any atom is -0.319 e. The zero-order valence-electron chi connectivity index (χ0n) is 20.2. The van der Waals surface area contributed by atoms with Gasteiger partial charge < -0.3 is 10.2 Å². The van der Waals surface area contributed by atoms with E-state index in [1.54, 1.807) is 11.0 Å². The second-order valence-corrected chi connectivity index (χ2v) is 9.08. The summed E-state index contributed by atoms with van der Waals surface area (Å²) in [6.45, 7) is 12.4. The Morgan fingerprint density at radius 2 is 1.94 bits per heavy atom. The van der Waals surface area contributed by atoms with Crippen LogP contribution in [0.1, 0.15) is 54.7 Å². The number of anilines is 3. The van der Waals surface area contributed by atoms with Crippen LogP contribution in [-0.4, -0.2) is 65.4 Å². The predicted octanol–water partition coefficient (Wildman–Crippen LogP) is 4.13. The van der Waals surface area contributed by atoms with E-state index in [0.717, 1.165) is 50.3 Å². The van der Waals surface area contributed by atoms with Gasteiger partial charge in [-0.25, -0.2) is 4.98 Å². The van der Waals surface area contributed by atoms with Crippen LogP contribution in [0.15, 0.2) is 30.3 Å². The van der Waals surface area contributed by atoms with Gasteiger partial charge in [0, 0.05) is 18.3 Å². The number of nitrogens with one attached hydrogen (secondary N) is 1. The molecule has 0 aliphatic carbocycles. The third-order valence-corrected chi connectivity index (χ3v) is 6.88. The molecule has 2 aliphatic rings. The van der Waals surface area contributed by atoms with E-state index < -0.39 is 0 Å². The molecule has 7 heteroatoms. The van der Waals surface area contributed by atoms with Crippen LogP contribution in [0.5, 0.6) is 0 Å². The Labute approximate surface area is 196 Å². The molecule has 1 unspecified atom stereocenters. The van der Waals surface area contributed by atoms with Gasteiger partial charge in [0.05, 0.1) is 23.5 Å². The molecule has 1 saturated heterocycles. The summed E-state index contributed by atoms with van der Waals surface area (Å²) in [5.41, 5.74) is 3.38. The topological polar surface area (TPSA) is 68.8 Å². The van der Waals surface area contributed by atoms with Gasteiger partial charge in [0.1, 0.15) is 0 Å². The second kappa shape index (κ2) is 10.0. The average molecular weight is 450 g/mol. The Kier molecular flexibility index (Phi) is 7.10. The highest BCUT2D eigenvalue weighted by atomic mass is 16.2. The maximum atomic E-state index is 14.0. The fourth-order valence-electron chi connectivity index (χ4n) is 4.99. The lowest BCUT2D eigenvalue weighted by Gasteiger charge is -2.39. The van der Waals surface area contributed by atoms with E-state index in [2.05, 4.69) is 29.0 Å². The van der Waals surface area contributed by atoms with E-state index in [9.17, 15) is 9.59 Å². The first kappa shape index (κ1) is 23.4. The molecule has 176 valence electrons. The first-order valence-corrected chi connectivity index (χ1v) is 12.1. The molecule has 1 fully saturated rings. The number of aromatic nitrogens is 1. The lowest BCUT2D eigenvalue weighted by atomic mass is 10.0. The van der Waals surface area contributed by atoms with Gasteiger partial charge in [0.25, 0.3) is 5.91 Å². The molecule has 0 spiro atoms. The maximum Gasteiger partial charge on any atom is 0.257 e. The minimum absolute atomic E-state index is 0.0483. The summed E-state index contributed by atoms with van der Waals surface area (Å²) in [7, 11) is 0. The van der Waals surface area contributed by atoms with Crippen molar-refractivity contribution in [2.24, 2.45) is 0 Å². The summed E-state index contributed by atoms with van der Waals surface area (Å²) in [5.74, 6) is 0.236. The number of hydrogen-bond acceptors (Lipinski definition) is 5. The largest absolute Gasteiger partial charge is 0.319 e. The minimum atomic E-state index is -0.215. The van der Waals surface area contributed by atoms with Crippen LogP contribution in [0, 0.1) is 13.8 Å². The Morgan fingerprint density at radius 1 is 1.15 bits per heavy atom. The van der Waals surface area contributed by atoms with Crippen molar-refractivity contribution in [3.8, 4) is 0 Å². The molecule has 4 rings (SSSR count). The molecule has 2 amide bonds. The number of nitrogens with zero attached hydrogens (tertiary/aromatic N) is 4. The van der Waals surface area contributed by atoms with E-state index in [4.69, 9.17) is 4.98 Å². The van der Waals surface area contributed by atoms with Crippen LogP contribution in [0.2, 0.25) is 0 Å². The number of aryl methyl sites for hydroxylation is 2. The van der Waals surface area contributed by atoms with Crippen LogP contribution in [0.3, 0.4) is 0 Å². The summed E-state index contributed by atoms with van der Waals surface area (Å²) in [6, 6.07) is 9.63. The van der Waals surface area contributed by atoms with Gasteiger partial charge in [-0.1, -0.05) is 32.4 Å². The number of pyridine rings is 1. The number of amides is 2. The van der Waals surface area contributed by atoms with Crippen molar-refractivity contribution in [2.75, 3.05) is 42.9 Å². The number of para-hydroxylation sites is 1. The van der Waals surface area contributed by atoms with Crippen LogP contribution < -0.4 is 10.2 Å². The molecule has 0 bridgehead atoms. The van der Waals surface area contributed by atoms with Crippen molar-refractivity contribution >= 4 is 29.0 Å². The number of likely N-dealkylation sites (tertiary alicyclic amines) is 1. The highest BCUT2D eigenvalue weighted by molar-refractivity contribution is 6.17. The van der Waals surface area contributed by atoms with Gasteiger partial charge >= 0.3 is 0 Å². The SMILES string of the molecule is CCN(CC)CC1CCCCN1CC(=O)N1c2nc(C)ccc2NC(=O)c2cccc(C)c21. The highest BCUT2D eigenvalue weighted by Crippen LogP contribution is 2.39. The van der Waals surface area contributed by atoms with Crippen LogP contribution in [0.25, 0.3) is 0 Å². The molecule has 2 aliphatic heterocycles. The quantitative estimate of drug-likeness (QED) is 0.718. The Morgan fingerprint density at radius 3 is 2.70 bits per heavy atom. The van der Waals surface area contributed by atoms with E-state index in [0.29, 0.717) is 35.3 Å². The summed E-state index contributed by atoms with van der Waals surface area (Å²) >= 11 is 0. The smallest absolute Gasteiger partial charge is 0.257 e. The van der Waals surface area contributed by atoms with Gasteiger partial charge in [-0.05, 0) is 70.1 Å². The predicted molar refractivity (Wildman–Crippen MR) is 132 cm³/mol. The normalized spacial score (nSPS) is 18.5. The van der Waals surface area contributed by atoms with E-state index in [-0.39, 0.29) is 11.8 Å². The van der Waals surface area contributed by atoms with Gasteiger partial charge in [0.2, 0.25) is 5.91 Å². The first-order valence-electron chi connectivity index (χ1n) is 12.1. The number of fused-ring (bicyclic) bond motifs is 2. The van der Waals surface area contributed by atoms with Crippen molar-refractivity contribution in [1.29, 1.82) is 0 Å². The molecule has 0 saturated carbocycles. The van der Waals surface area contributed by atoms with Crippen molar-refractivity contribution < 1.29 is 9.59 Å². The zero-order chi connectivity index (χ0) is 23.5. The summed E-state index contributed by atoms with van der Waals surface area (Å²) in [6.07, 6.45) is 3.41. The van der Waals surface area contributed by atoms with Crippen molar-refractivity contribution in [3.63, 3.8) is 0 Å². The molecule has 1 aromatic carbocycles. The fraction of sp³-hybridized carbons (Fsp3) is 0.500. The number of likely N-dealkylation sites (N-methyl/N-ethyl adjacent to an activating group) is 1. The van der Waals surface area contributed by atoms with Crippen molar-refractivity contribution in [2.45, 2.75) is 53.0 Å². The third-order valence-electron chi connectivity index (χ3n) is 6.88. The Bertz CT molecular complexity index is 1030. The molecule has 2 aromatic rings. The van der Waals surface area contributed by atoms with E-state index in [1.165, 1.54) is 6.42 Å². The average Bonchev–Trinajstić information content (AvgIpc) is 2.93. The lowest BCUT2D eigenvalue weighted by Crippen LogP contribution is -2.50. The standard InChI is InChI=1S/C26H35N5O2/c1-5-29(6-2)16-20-11-7-8-15-30(20)17-23(32)31-24-18(3)10-9-12-21(24)26(33)28-22-14-13-19(4)27-25(22)31/h9-10,12-14,20H,5-8,11,15-17H2,1-4H3,(H,28,33). The van der Waals surface area contributed by atoms with Gasteiger partial charge in [-0.15, -0.1) is 0 Å². The van der Waals surface area contributed by atoms with Crippen LogP contribution in [0.4, 0.5) is 17.2 Å². The fourth-order valence-corrected chi connectivity index (χ4v) is 4.99. The Balaban J connectivity index is 1.71. The molecule has 0 radical (unpaired) electrons.